The van der Waals surface area contributed by atoms with Crippen LogP contribution in [0.3, 0.4) is 0 Å². The summed E-state index contributed by atoms with van der Waals surface area (Å²) in [5.41, 5.74) is 2.22. The summed E-state index contributed by atoms with van der Waals surface area (Å²) in [5, 5.41) is 13.2. The van der Waals surface area contributed by atoms with E-state index in [0.717, 1.165) is 15.6 Å². The molecule has 0 aliphatic rings. The minimum atomic E-state index is 0.139. The van der Waals surface area contributed by atoms with E-state index in [1.54, 1.807) is 11.3 Å². The fraction of sp³-hybridized carbons (Fsp3) is 0.400. The van der Waals surface area contributed by atoms with Crippen LogP contribution >= 0.6 is 27.3 Å². The molecule has 3 heteroatoms. The van der Waals surface area contributed by atoms with Crippen molar-refractivity contribution in [3.05, 3.63) is 26.4 Å². The highest BCUT2D eigenvalue weighted by molar-refractivity contribution is 9.10. The van der Waals surface area contributed by atoms with Gasteiger partial charge in [0.1, 0.15) is 0 Å². The topological polar surface area (TPSA) is 20.2 Å². The molecule has 0 atom stereocenters. The van der Waals surface area contributed by atoms with Crippen molar-refractivity contribution in [2.24, 2.45) is 5.92 Å². The first-order valence-corrected chi connectivity index (χ1v) is 5.91. The first kappa shape index (κ1) is 11.0. The van der Waals surface area contributed by atoms with Gasteiger partial charge in [-0.2, -0.15) is 11.3 Å². The maximum atomic E-state index is 9.11. The lowest BCUT2D eigenvalue weighted by Crippen LogP contribution is -1.98. The van der Waals surface area contributed by atoms with Gasteiger partial charge < -0.3 is 5.11 Å². The molecule has 0 saturated carbocycles. The Morgan fingerprint density at radius 1 is 1.62 bits per heavy atom. The molecule has 1 aromatic rings. The van der Waals surface area contributed by atoms with Crippen LogP contribution in [-0.2, 0) is 0 Å². The number of hydrogen-bond acceptors (Lipinski definition) is 2. The van der Waals surface area contributed by atoms with Crippen LogP contribution in [0.15, 0.2) is 20.8 Å². The van der Waals surface area contributed by atoms with E-state index in [2.05, 4.69) is 35.2 Å². The molecule has 1 nitrogen and oxygen atoms in total. The van der Waals surface area contributed by atoms with Crippen LogP contribution in [0.25, 0.3) is 6.08 Å². The smallest absolute Gasteiger partial charge is 0.0647 e. The van der Waals surface area contributed by atoms with Gasteiger partial charge in [0.05, 0.1) is 6.61 Å². The summed E-state index contributed by atoms with van der Waals surface area (Å²) in [7, 11) is 0. The van der Waals surface area contributed by atoms with Gasteiger partial charge in [0.25, 0.3) is 0 Å². The third-order valence-electron chi connectivity index (χ3n) is 1.91. The molecule has 0 bridgehead atoms. The van der Waals surface area contributed by atoms with Gasteiger partial charge in [-0.15, -0.1) is 0 Å². The second-order valence-corrected chi connectivity index (χ2v) is 4.81. The molecule has 0 aromatic carbocycles. The number of halogens is 1. The average molecular weight is 261 g/mol. The maximum absolute atomic E-state index is 9.11. The van der Waals surface area contributed by atoms with Gasteiger partial charge in [0, 0.05) is 9.85 Å². The number of thiophene rings is 1. The van der Waals surface area contributed by atoms with Crippen molar-refractivity contribution in [2.45, 2.75) is 13.8 Å². The molecule has 13 heavy (non-hydrogen) atoms. The Bertz CT molecular complexity index is 302. The van der Waals surface area contributed by atoms with Gasteiger partial charge in [-0.3, -0.25) is 0 Å². The maximum Gasteiger partial charge on any atom is 0.0647 e. The summed E-state index contributed by atoms with van der Waals surface area (Å²) in [6, 6.07) is 0. The first-order valence-electron chi connectivity index (χ1n) is 4.18. The zero-order valence-electron chi connectivity index (χ0n) is 7.75. The number of rotatable bonds is 3. The van der Waals surface area contributed by atoms with E-state index in [4.69, 9.17) is 5.11 Å². The van der Waals surface area contributed by atoms with Crippen molar-refractivity contribution in [1.82, 2.24) is 0 Å². The molecule has 1 aromatic heterocycles. The Hall–Kier alpha value is -0.120. The van der Waals surface area contributed by atoms with Gasteiger partial charge in [0.15, 0.2) is 0 Å². The Labute approximate surface area is 91.2 Å². The lowest BCUT2D eigenvalue weighted by molar-refractivity contribution is 0.320. The number of hydrogen-bond donors (Lipinski definition) is 1. The summed E-state index contributed by atoms with van der Waals surface area (Å²) in [4.78, 5) is 0. The summed E-state index contributed by atoms with van der Waals surface area (Å²) < 4.78 is 1.10. The third kappa shape index (κ3) is 2.93. The van der Waals surface area contributed by atoms with E-state index in [1.165, 1.54) is 0 Å². The summed E-state index contributed by atoms with van der Waals surface area (Å²) in [6.07, 6.45) is 2.05. The number of aliphatic hydroxyl groups excluding tert-OH is 1. The average Bonchev–Trinajstić information content (AvgIpc) is 2.46. The molecule has 0 aliphatic carbocycles. The fourth-order valence-corrected chi connectivity index (χ4v) is 2.36. The Morgan fingerprint density at radius 3 is 2.69 bits per heavy atom. The van der Waals surface area contributed by atoms with Crippen LogP contribution in [-0.4, -0.2) is 11.7 Å². The van der Waals surface area contributed by atoms with E-state index in [-0.39, 0.29) is 6.61 Å². The second kappa shape index (κ2) is 4.94. The van der Waals surface area contributed by atoms with Crippen LogP contribution in [0, 0.1) is 5.92 Å². The lowest BCUT2D eigenvalue weighted by atomic mass is 10.0. The molecule has 0 radical (unpaired) electrons. The van der Waals surface area contributed by atoms with Crippen molar-refractivity contribution >= 4 is 33.3 Å². The molecule has 0 aliphatic heterocycles. The minimum absolute atomic E-state index is 0.139. The van der Waals surface area contributed by atoms with Gasteiger partial charge in [-0.1, -0.05) is 19.9 Å². The molecule has 1 rings (SSSR count). The zero-order chi connectivity index (χ0) is 9.84. The Balaban J connectivity index is 2.91. The largest absolute Gasteiger partial charge is 0.392 e. The normalized spacial score (nSPS) is 12.5. The second-order valence-electron chi connectivity index (χ2n) is 3.21. The SMILES string of the molecule is CC(C)/C(=C/c1cscc1Br)CO. The van der Waals surface area contributed by atoms with E-state index >= 15 is 0 Å². The molecule has 1 N–H and O–H groups in total. The van der Waals surface area contributed by atoms with Crippen molar-refractivity contribution in [3.63, 3.8) is 0 Å². The first-order chi connectivity index (χ1) is 6.15. The molecular formula is C10H13BrOS. The highest BCUT2D eigenvalue weighted by atomic mass is 79.9. The fourth-order valence-electron chi connectivity index (χ4n) is 0.989. The zero-order valence-corrected chi connectivity index (χ0v) is 10.2. The van der Waals surface area contributed by atoms with Crippen LogP contribution in [0.4, 0.5) is 0 Å². The van der Waals surface area contributed by atoms with Gasteiger partial charge in [-0.05, 0) is 38.4 Å². The molecule has 0 spiro atoms. The lowest BCUT2D eigenvalue weighted by Gasteiger charge is -2.07. The molecule has 0 saturated heterocycles. The van der Waals surface area contributed by atoms with Gasteiger partial charge in [0.2, 0.25) is 0 Å². The van der Waals surface area contributed by atoms with E-state index in [1.807, 2.05) is 11.5 Å². The van der Waals surface area contributed by atoms with Crippen molar-refractivity contribution < 1.29 is 5.11 Å². The Morgan fingerprint density at radius 2 is 2.31 bits per heavy atom. The quantitative estimate of drug-likeness (QED) is 0.882. The predicted molar refractivity (Wildman–Crippen MR) is 61.9 cm³/mol. The van der Waals surface area contributed by atoms with Crippen LogP contribution < -0.4 is 0 Å². The standard InChI is InChI=1S/C10H13BrOS/c1-7(2)8(4-12)3-9-5-13-6-10(9)11/h3,5-7,12H,4H2,1-2H3/b8-3+. The van der Waals surface area contributed by atoms with Crippen molar-refractivity contribution in [3.8, 4) is 0 Å². The summed E-state index contributed by atoms with van der Waals surface area (Å²) in [5.74, 6) is 0.400. The van der Waals surface area contributed by atoms with E-state index in [9.17, 15) is 0 Å². The molecule has 0 amide bonds. The van der Waals surface area contributed by atoms with Crippen molar-refractivity contribution in [2.75, 3.05) is 6.61 Å². The Kier molecular flexibility index (Phi) is 4.16. The van der Waals surface area contributed by atoms with Crippen LogP contribution in [0.2, 0.25) is 0 Å². The molecule has 0 fully saturated rings. The monoisotopic (exact) mass is 260 g/mol. The summed E-state index contributed by atoms with van der Waals surface area (Å²) in [6.45, 7) is 4.31. The molecule has 0 unspecified atom stereocenters. The van der Waals surface area contributed by atoms with Crippen molar-refractivity contribution in [1.29, 1.82) is 0 Å². The molecular weight excluding hydrogens is 248 g/mol. The highest BCUT2D eigenvalue weighted by Gasteiger charge is 2.03. The van der Waals surface area contributed by atoms with Crippen LogP contribution in [0.1, 0.15) is 19.4 Å². The minimum Gasteiger partial charge on any atom is -0.392 e. The highest BCUT2D eigenvalue weighted by Crippen LogP contribution is 2.25. The summed E-state index contributed by atoms with van der Waals surface area (Å²) >= 11 is 5.11. The predicted octanol–water partition coefficient (Wildman–Crippen LogP) is 3.54. The van der Waals surface area contributed by atoms with E-state index < -0.39 is 0 Å². The van der Waals surface area contributed by atoms with Gasteiger partial charge >= 0.3 is 0 Å². The molecule has 1 heterocycles. The van der Waals surface area contributed by atoms with Crippen LogP contribution in [0.5, 0.6) is 0 Å². The molecule has 72 valence electrons. The third-order valence-corrected chi connectivity index (χ3v) is 3.66. The van der Waals surface area contributed by atoms with Gasteiger partial charge in [-0.25, -0.2) is 0 Å². The van der Waals surface area contributed by atoms with E-state index in [0.29, 0.717) is 5.92 Å². The number of aliphatic hydroxyl groups is 1.